The van der Waals surface area contributed by atoms with Crippen LogP contribution in [0.25, 0.3) is 0 Å². The highest BCUT2D eigenvalue weighted by Gasteiger charge is 2.70. The molecule has 0 radical (unpaired) electrons. The zero-order valence-electron chi connectivity index (χ0n) is 13.2. The molecule has 1 aromatic rings. The van der Waals surface area contributed by atoms with E-state index in [1.54, 1.807) is 4.90 Å². The first-order valence-electron chi connectivity index (χ1n) is 7.88. The van der Waals surface area contributed by atoms with Crippen molar-refractivity contribution in [2.75, 3.05) is 13.1 Å². The highest BCUT2D eigenvalue weighted by atomic mass is 16.6. The Kier molecular flexibility index (Phi) is 2.68. The largest absolute Gasteiger partial charge is 0.444 e. The van der Waals surface area contributed by atoms with E-state index in [1.807, 2.05) is 20.8 Å². The number of piperidine rings is 1. The van der Waals surface area contributed by atoms with Crippen LogP contribution >= 0.6 is 0 Å². The first kappa shape index (κ1) is 14.0. The highest BCUT2D eigenvalue weighted by molar-refractivity contribution is 5.69. The molecule has 3 aliphatic rings. The van der Waals surface area contributed by atoms with Gasteiger partial charge in [0.2, 0.25) is 11.8 Å². The number of ether oxygens (including phenoxy) is 1. The van der Waals surface area contributed by atoms with Crippen molar-refractivity contribution in [2.24, 2.45) is 11.7 Å². The average Bonchev–Trinajstić information content (AvgIpc) is 3.24. The van der Waals surface area contributed by atoms with Crippen molar-refractivity contribution in [2.45, 2.75) is 56.6 Å². The molecule has 7 nitrogen and oxygen atoms in total. The number of fused-ring (bicyclic) bond motifs is 1. The summed E-state index contributed by atoms with van der Waals surface area (Å²) in [6.07, 6.45) is 1.97. The van der Waals surface area contributed by atoms with Crippen LogP contribution in [0.1, 0.15) is 57.2 Å². The van der Waals surface area contributed by atoms with Gasteiger partial charge in [0.1, 0.15) is 5.60 Å². The van der Waals surface area contributed by atoms with Crippen molar-refractivity contribution < 1.29 is 13.9 Å². The molecule has 2 saturated carbocycles. The molecule has 3 fully saturated rings. The summed E-state index contributed by atoms with van der Waals surface area (Å²) in [6, 6.07) is 0. The minimum Gasteiger partial charge on any atom is -0.444 e. The first-order valence-corrected chi connectivity index (χ1v) is 7.88. The van der Waals surface area contributed by atoms with Gasteiger partial charge in [-0.15, -0.1) is 10.2 Å². The van der Waals surface area contributed by atoms with Gasteiger partial charge in [-0.05, 0) is 33.6 Å². The molecule has 1 aliphatic heterocycles. The molecule has 2 aliphatic carbocycles. The molecule has 22 heavy (non-hydrogen) atoms. The third-order valence-corrected chi connectivity index (χ3v) is 4.75. The van der Waals surface area contributed by atoms with Crippen molar-refractivity contribution in [3.63, 3.8) is 0 Å². The third kappa shape index (κ3) is 2.18. The van der Waals surface area contributed by atoms with E-state index in [0.717, 1.165) is 18.7 Å². The zero-order chi connectivity index (χ0) is 15.7. The van der Waals surface area contributed by atoms with Crippen LogP contribution in [0, 0.1) is 5.92 Å². The molecule has 0 spiro atoms. The van der Waals surface area contributed by atoms with Crippen LogP contribution in [-0.4, -0.2) is 45.4 Å². The quantitative estimate of drug-likeness (QED) is 0.892. The number of likely N-dealkylation sites (tertiary alicyclic amines) is 1. The lowest BCUT2D eigenvalue weighted by Crippen LogP contribution is -2.41. The fraction of sp³-hybridized carbons (Fsp3) is 0.800. The van der Waals surface area contributed by atoms with Crippen LogP contribution in [0.5, 0.6) is 0 Å². The second-order valence-corrected chi connectivity index (χ2v) is 7.81. The molecule has 1 amide bonds. The Labute approximate surface area is 129 Å². The summed E-state index contributed by atoms with van der Waals surface area (Å²) in [5, 5.41) is 8.29. The summed E-state index contributed by atoms with van der Waals surface area (Å²) in [5.41, 5.74) is 5.51. The van der Waals surface area contributed by atoms with Gasteiger partial charge in [-0.3, -0.25) is 0 Å². The molecule has 2 N–H and O–H groups in total. The van der Waals surface area contributed by atoms with Crippen LogP contribution < -0.4 is 5.73 Å². The van der Waals surface area contributed by atoms with E-state index < -0.39 is 11.1 Å². The average molecular weight is 306 g/mol. The van der Waals surface area contributed by atoms with Crippen molar-refractivity contribution in [1.29, 1.82) is 0 Å². The predicted molar refractivity (Wildman–Crippen MR) is 77.2 cm³/mol. The first-order chi connectivity index (χ1) is 10.3. The van der Waals surface area contributed by atoms with Crippen molar-refractivity contribution in [1.82, 2.24) is 15.1 Å². The summed E-state index contributed by atoms with van der Waals surface area (Å²) in [6.45, 7) is 6.66. The van der Waals surface area contributed by atoms with Gasteiger partial charge < -0.3 is 19.8 Å². The second kappa shape index (κ2) is 4.22. The van der Waals surface area contributed by atoms with E-state index in [2.05, 4.69) is 10.2 Å². The summed E-state index contributed by atoms with van der Waals surface area (Å²) in [4.78, 5) is 13.8. The number of aromatic nitrogens is 2. The number of nitrogens with two attached hydrogens (primary N) is 1. The highest BCUT2D eigenvalue weighted by Crippen LogP contribution is 2.60. The normalized spacial score (nSPS) is 33.7. The van der Waals surface area contributed by atoms with E-state index in [-0.39, 0.29) is 17.9 Å². The number of rotatable bonds is 2. The number of hydrogen-bond acceptors (Lipinski definition) is 6. The van der Waals surface area contributed by atoms with E-state index in [0.29, 0.717) is 24.9 Å². The molecular weight excluding hydrogens is 284 g/mol. The van der Waals surface area contributed by atoms with Crippen LogP contribution in [0.2, 0.25) is 0 Å². The molecule has 1 saturated heterocycles. The van der Waals surface area contributed by atoms with Crippen molar-refractivity contribution >= 4 is 6.09 Å². The SMILES string of the molecule is CC(C)(C)OC(=O)N1CC2C(c3nnc(C4CC4)o3)[C@@]2(N)C1. The minimum absolute atomic E-state index is 0.0752. The number of hydrogen-bond donors (Lipinski definition) is 1. The van der Waals surface area contributed by atoms with E-state index in [9.17, 15) is 4.79 Å². The van der Waals surface area contributed by atoms with Gasteiger partial charge in [0, 0.05) is 24.9 Å². The Morgan fingerprint density at radius 2 is 2.05 bits per heavy atom. The fourth-order valence-electron chi connectivity index (χ4n) is 3.40. The molecule has 1 aromatic heterocycles. The van der Waals surface area contributed by atoms with Gasteiger partial charge >= 0.3 is 6.09 Å². The molecule has 4 rings (SSSR count). The van der Waals surface area contributed by atoms with Gasteiger partial charge in [-0.25, -0.2) is 4.79 Å². The third-order valence-electron chi connectivity index (χ3n) is 4.75. The lowest BCUT2D eigenvalue weighted by Gasteiger charge is -2.26. The maximum Gasteiger partial charge on any atom is 0.410 e. The predicted octanol–water partition coefficient (Wildman–Crippen LogP) is 1.61. The molecule has 0 bridgehead atoms. The molecule has 2 unspecified atom stereocenters. The molecule has 2 heterocycles. The van der Waals surface area contributed by atoms with Gasteiger partial charge in [0.25, 0.3) is 0 Å². The van der Waals surface area contributed by atoms with Crippen LogP contribution in [0.3, 0.4) is 0 Å². The molecule has 7 heteroatoms. The van der Waals surface area contributed by atoms with Crippen molar-refractivity contribution in [3.05, 3.63) is 11.8 Å². The van der Waals surface area contributed by atoms with Crippen LogP contribution in [0.15, 0.2) is 4.42 Å². The Balaban J connectivity index is 1.41. The Bertz CT molecular complexity index is 619. The van der Waals surface area contributed by atoms with Gasteiger partial charge in [0.05, 0.1) is 11.5 Å². The Morgan fingerprint density at radius 1 is 1.36 bits per heavy atom. The lowest BCUT2D eigenvalue weighted by molar-refractivity contribution is 0.0265. The van der Waals surface area contributed by atoms with Crippen LogP contribution in [0.4, 0.5) is 4.79 Å². The summed E-state index contributed by atoms with van der Waals surface area (Å²) >= 11 is 0. The maximum absolute atomic E-state index is 12.1. The smallest absolute Gasteiger partial charge is 0.410 e. The summed E-state index contributed by atoms with van der Waals surface area (Å²) in [5.74, 6) is 2.09. The van der Waals surface area contributed by atoms with E-state index in [1.165, 1.54) is 0 Å². The molecule has 120 valence electrons. The molecule has 0 aromatic carbocycles. The number of nitrogens with zero attached hydrogens (tertiary/aromatic N) is 3. The number of carbonyl (C=O) groups is 1. The maximum atomic E-state index is 12.1. The van der Waals surface area contributed by atoms with Gasteiger partial charge in [-0.2, -0.15) is 0 Å². The molecule has 3 atom stereocenters. The van der Waals surface area contributed by atoms with E-state index >= 15 is 0 Å². The molecular formula is C15H22N4O3. The lowest BCUT2D eigenvalue weighted by atomic mass is 10.2. The van der Waals surface area contributed by atoms with Gasteiger partial charge in [0.15, 0.2) is 0 Å². The number of carbonyl (C=O) groups excluding carboxylic acids is 1. The topological polar surface area (TPSA) is 94.5 Å². The number of amides is 1. The second-order valence-electron chi connectivity index (χ2n) is 7.81. The van der Waals surface area contributed by atoms with E-state index in [4.69, 9.17) is 14.9 Å². The van der Waals surface area contributed by atoms with Gasteiger partial charge in [-0.1, -0.05) is 0 Å². The fourth-order valence-corrected chi connectivity index (χ4v) is 3.40. The minimum atomic E-state index is -0.489. The Morgan fingerprint density at radius 3 is 2.59 bits per heavy atom. The monoisotopic (exact) mass is 306 g/mol. The summed E-state index contributed by atoms with van der Waals surface area (Å²) in [7, 11) is 0. The van der Waals surface area contributed by atoms with Crippen molar-refractivity contribution in [3.8, 4) is 0 Å². The standard InChI is InChI=1S/C15H22N4O3/c1-14(2,3)22-13(20)19-6-9-10(15(9,16)7-19)12-18-17-11(21-12)8-4-5-8/h8-10H,4-7,16H2,1-3H3/t9?,10?,15-/m1/s1. The summed E-state index contributed by atoms with van der Waals surface area (Å²) < 4.78 is 11.2. The zero-order valence-corrected chi connectivity index (χ0v) is 13.2. The Hall–Kier alpha value is -1.63. The van der Waals surface area contributed by atoms with Crippen LogP contribution in [-0.2, 0) is 4.74 Å².